The highest BCUT2D eigenvalue weighted by molar-refractivity contribution is 5.94. The molecule has 0 aliphatic heterocycles. The Morgan fingerprint density at radius 3 is 2.25 bits per heavy atom. The molecular formula is C20H29Cl2N3O3. The molecule has 0 fully saturated rings. The molecule has 2 rings (SSSR count). The number of amides is 1. The van der Waals surface area contributed by atoms with Crippen molar-refractivity contribution in [3.63, 3.8) is 0 Å². The van der Waals surface area contributed by atoms with E-state index in [1.54, 1.807) is 19.2 Å². The molecule has 0 saturated heterocycles. The van der Waals surface area contributed by atoms with Gasteiger partial charge in [-0.05, 0) is 49.5 Å². The van der Waals surface area contributed by atoms with Gasteiger partial charge in [0, 0.05) is 25.2 Å². The zero-order valence-corrected chi connectivity index (χ0v) is 18.1. The lowest BCUT2D eigenvalue weighted by Crippen LogP contribution is -2.23. The highest BCUT2D eigenvalue weighted by Gasteiger charge is 2.09. The van der Waals surface area contributed by atoms with E-state index in [1.807, 2.05) is 44.4 Å². The van der Waals surface area contributed by atoms with Gasteiger partial charge in [-0.3, -0.25) is 4.79 Å². The standard InChI is InChI=1S/C20H27N3O3.2ClH/c1-23(2)10-11-26-18-9-6-16(12-19(18)25-3)14-22-20(24)17-7-4-15(13-21)5-8-17;;/h4-9,12H,10-11,13-14,21H2,1-3H3,(H,22,24);2*1H. The maximum Gasteiger partial charge on any atom is 0.251 e. The number of nitrogens with one attached hydrogen (secondary N) is 1. The summed E-state index contributed by atoms with van der Waals surface area (Å²) in [6.07, 6.45) is 0. The largest absolute Gasteiger partial charge is 0.493 e. The van der Waals surface area contributed by atoms with Crippen LogP contribution in [0.1, 0.15) is 21.5 Å². The third-order valence-corrected chi connectivity index (χ3v) is 3.93. The van der Waals surface area contributed by atoms with Crippen LogP contribution in [0.3, 0.4) is 0 Å². The molecule has 0 radical (unpaired) electrons. The second kappa shape index (κ2) is 13.2. The van der Waals surface area contributed by atoms with E-state index in [0.717, 1.165) is 17.7 Å². The minimum atomic E-state index is -0.126. The normalized spacial score (nSPS) is 9.89. The second-order valence-electron chi connectivity index (χ2n) is 6.22. The van der Waals surface area contributed by atoms with Crippen molar-refractivity contribution < 1.29 is 14.3 Å². The first-order chi connectivity index (χ1) is 12.5. The van der Waals surface area contributed by atoms with Crippen molar-refractivity contribution in [2.24, 2.45) is 5.73 Å². The first-order valence-electron chi connectivity index (χ1n) is 8.55. The average Bonchev–Trinajstić information content (AvgIpc) is 2.66. The van der Waals surface area contributed by atoms with E-state index in [9.17, 15) is 4.79 Å². The molecule has 8 heteroatoms. The molecule has 6 nitrogen and oxygen atoms in total. The molecule has 0 bridgehead atoms. The lowest BCUT2D eigenvalue weighted by Gasteiger charge is -2.14. The number of carbonyl (C=O) groups is 1. The van der Waals surface area contributed by atoms with Gasteiger partial charge in [-0.2, -0.15) is 0 Å². The molecule has 1 amide bonds. The molecule has 2 aromatic rings. The van der Waals surface area contributed by atoms with E-state index < -0.39 is 0 Å². The van der Waals surface area contributed by atoms with Gasteiger partial charge < -0.3 is 25.4 Å². The Balaban J connectivity index is 0.00000364. The van der Waals surface area contributed by atoms with Gasteiger partial charge in [0.2, 0.25) is 0 Å². The van der Waals surface area contributed by atoms with Crippen LogP contribution in [0.15, 0.2) is 42.5 Å². The lowest BCUT2D eigenvalue weighted by atomic mass is 10.1. The predicted octanol–water partition coefficient (Wildman–Crippen LogP) is 2.87. The summed E-state index contributed by atoms with van der Waals surface area (Å²) in [5.74, 6) is 1.23. The molecule has 3 N–H and O–H groups in total. The predicted molar refractivity (Wildman–Crippen MR) is 117 cm³/mol. The molecule has 0 aromatic heterocycles. The van der Waals surface area contributed by atoms with Crippen LogP contribution in [0.5, 0.6) is 11.5 Å². The van der Waals surface area contributed by atoms with Crippen molar-refractivity contribution in [1.82, 2.24) is 10.2 Å². The molecule has 0 spiro atoms. The van der Waals surface area contributed by atoms with Crippen LogP contribution in [0, 0.1) is 0 Å². The molecule has 2 aromatic carbocycles. The molecule has 0 heterocycles. The van der Waals surface area contributed by atoms with Crippen molar-refractivity contribution >= 4 is 30.7 Å². The number of benzene rings is 2. The number of nitrogens with two attached hydrogens (primary N) is 1. The monoisotopic (exact) mass is 429 g/mol. The van der Waals surface area contributed by atoms with Gasteiger partial charge >= 0.3 is 0 Å². The number of hydrogen-bond donors (Lipinski definition) is 2. The van der Waals surface area contributed by atoms with Gasteiger partial charge in [0.05, 0.1) is 7.11 Å². The lowest BCUT2D eigenvalue weighted by molar-refractivity contribution is 0.0951. The van der Waals surface area contributed by atoms with Crippen LogP contribution in [-0.2, 0) is 13.1 Å². The Morgan fingerprint density at radius 1 is 1.04 bits per heavy atom. The summed E-state index contributed by atoms with van der Waals surface area (Å²) in [7, 11) is 5.60. The van der Waals surface area contributed by atoms with Crippen LogP contribution in [0.4, 0.5) is 0 Å². The first kappa shape index (κ1) is 26.0. The number of rotatable bonds is 9. The fraction of sp³-hybridized carbons (Fsp3) is 0.350. The molecule has 156 valence electrons. The minimum absolute atomic E-state index is 0. The maximum atomic E-state index is 12.2. The maximum absolute atomic E-state index is 12.2. The van der Waals surface area contributed by atoms with Crippen molar-refractivity contribution in [2.45, 2.75) is 13.1 Å². The number of hydrogen-bond acceptors (Lipinski definition) is 5. The first-order valence-corrected chi connectivity index (χ1v) is 8.55. The van der Waals surface area contributed by atoms with Gasteiger partial charge in [-0.1, -0.05) is 18.2 Å². The molecule has 0 aliphatic carbocycles. The van der Waals surface area contributed by atoms with Gasteiger partial charge in [-0.15, -0.1) is 24.8 Å². The topological polar surface area (TPSA) is 76.8 Å². The summed E-state index contributed by atoms with van der Waals surface area (Å²) in [6, 6.07) is 12.9. The number of carbonyl (C=O) groups excluding carboxylic acids is 1. The molecule has 0 aliphatic rings. The molecular weight excluding hydrogens is 401 g/mol. The molecule has 0 saturated carbocycles. The summed E-state index contributed by atoms with van der Waals surface area (Å²) >= 11 is 0. The Labute approximate surface area is 179 Å². The number of nitrogens with zero attached hydrogens (tertiary/aromatic N) is 1. The van der Waals surface area contributed by atoms with Gasteiger partial charge in [0.15, 0.2) is 11.5 Å². The van der Waals surface area contributed by atoms with E-state index in [0.29, 0.717) is 36.8 Å². The van der Waals surface area contributed by atoms with E-state index >= 15 is 0 Å². The van der Waals surface area contributed by atoms with Crippen molar-refractivity contribution in [2.75, 3.05) is 34.4 Å². The fourth-order valence-electron chi connectivity index (χ4n) is 2.36. The Morgan fingerprint density at radius 2 is 1.68 bits per heavy atom. The number of likely N-dealkylation sites (N-methyl/N-ethyl adjacent to an activating group) is 1. The third kappa shape index (κ3) is 7.94. The van der Waals surface area contributed by atoms with Gasteiger partial charge in [0.25, 0.3) is 5.91 Å². The summed E-state index contributed by atoms with van der Waals surface area (Å²) in [6.45, 7) is 2.28. The quantitative estimate of drug-likeness (QED) is 0.640. The van der Waals surface area contributed by atoms with E-state index in [-0.39, 0.29) is 30.7 Å². The van der Waals surface area contributed by atoms with E-state index in [1.165, 1.54) is 0 Å². The molecule has 28 heavy (non-hydrogen) atoms. The molecule has 0 atom stereocenters. The summed E-state index contributed by atoms with van der Waals surface area (Å²) in [4.78, 5) is 14.3. The average molecular weight is 430 g/mol. The van der Waals surface area contributed by atoms with Crippen LogP contribution in [0.2, 0.25) is 0 Å². The van der Waals surface area contributed by atoms with Crippen LogP contribution < -0.4 is 20.5 Å². The van der Waals surface area contributed by atoms with Crippen molar-refractivity contribution in [1.29, 1.82) is 0 Å². The van der Waals surface area contributed by atoms with Crippen LogP contribution in [0.25, 0.3) is 0 Å². The van der Waals surface area contributed by atoms with Gasteiger partial charge in [0.1, 0.15) is 6.61 Å². The SMILES string of the molecule is COc1cc(CNC(=O)c2ccc(CN)cc2)ccc1OCCN(C)C.Cl.Cl. The Hall–Kier alpha value is -1.99. The smallest absolute Gasteiger partial charge is 0.251 e. The summed E-state index contributed by atoms with van der Waals surface area (Å²) in [5.41, 5.74) is 8.11. The van der Waals surface area contributed by atoms with Crippen molar-refractivity contribution in [3.8, 4) is 11.5 Å². The number of halogens is 2. The van der Waals surface area contributed by atoms with Gasteiger partial charge in [-0.25, -0.2) is 0 Å². The van der Waals surface area contributed by atoms with Crippen LogP contribution in [-0.4, -0.2) is 45.2 Å². The second-order valence-corrected chi connectivity index (χ2v) is 6.22. The zero-order valence-electron chi connectivity index (χ0n) is 16.4. The molecule has 0 unspecified atom stereocenters. The van der Waals surface area contributed by atoms with E-state index in [4.69, 9.17) is 15.2 Å². The minimum Gasteiger partial charge on any atom is -0.493 e. The van der Waals surface area contributed by atoms with E-state index in [2.05, 4.69) is 10.2 Å². The zero-order chi connectivity index (χ0) is 18.9. The van der Waals surface area contributed by atoms with Crippen LogP contribution >= 0.6 is 24.8 Å². The highest BCUT2D eigenvalue weighted by atomic mass is 35.5. The van der Waals surface area contributed by atoms with Crippen molar-refractivity contribution in [3.05, 3.63) is 59.2 Å². The highest BCUT2D eigenvalue weighted by Crippen LogP contribution is 2.28. The summed E-state index contributed by atoms with van der Waals surface area (Å²) in [5, 5.41) is 2.91. The fourth-order valence-corrected chi connectivity index (χ4v) is 2.36. The third-order valence-electron chi connectivity index (χ3n) is 3.93. The number of methoxy groups -OCH3 is 1. The number of ether oxygens (including phenoxy) is 2. The summed E-state index contributed by atoms with van der Waals surface area (Å²) < 4.78 is 11.1. The Kier molecular flexibility index (Phi) is 12.3. The Bertz CT molecular complexity index is 725.